The third kappa shape index (κ3) is 4.85. The van der Waals surface area contributed by atoms with E-state index in [-0.39, 0.29) is 24.0 Å². The average Bonchev–Trinajstić information content (AvgIpc) is 3.20. The summed E-state index contributed by atoms with van der Waals surface area (Å²) in [5.41, 5.74) is 1.70. The van der Waals surface area contributed by atoms with E-state index in [4.69, 9.17) is 9.26 Å². The molecule has 0 radical (unpaired) electrons. The molecule has 1 N–H and O–H groups in total. The molecule has 0 saturated carbocycles. The van der Waals surface area contributed by atoms with Crippen LogP contribution in [-0.2, 0) is 16.1 Å². The number of aryl methyl sites for hydroxylation is 1. The summed E-state index contributed by atoms with van der Waals surface area (Å²) >= 11 is 0. The van der Waals surface area contributed by atoms with Gasteiger partial charge in [0, 0.05) is 12.1 Å². The van der Waals surface area contributed by atoms with Crippen molar-refractivity contribution in [1.29, 1.82) is 0 Å². The molecule has 8 nitrogen and oxygen atoms in total. The number of aromatic nitrogens is 2. The summed E-state index contributed by atoms with van der Waals surface area (Å²) in [7, 11) is 0. The highest BCUT2D eigenvalue weighted by Crippen LogP contribution is 2.23. The number of esters is 1. The highest BCUT2D eigenvalue weighted by molar-refractivity contribution is 6.03. The quantitative estimate of drug-likeness (QED) is 0.430. The van der Waals surface area contributed by atoms with Crippen LogP contribution in [0, 0.1) is 6.92 Å². The number of benzene rings is 2. The molecule has 0 aliphatic carbocycles. The summed E-state index contributed by atoms with van der Waals surface area (Å²) in [5, 5.41) is 2.85. The van der Waals surface area contributed by atoms with E-state index in [0.717, 1.165) is 10.1 Å². The van der Waals surface area contributed by atoms with Crippen LogP contribution in [0.4, 0.5) is 5.69 Å². The monoisotopic (exact) mass is 445 g/mol. The van der Waals surface area contributed by atoms with E-state index in [1.54, 1.807) is 37.3 Å². The number of nitrogens with one attached hydrogen (secondary N) is 1. The van der Waals surface area contributed by atoms with Crippen LogP contribution in [0.5, 0.6) is 0 Å². The SMILES string of the molecule is CCC(C(=O)Nc1ccccc1C(=O)OCc1cc(=O)n2oc(C)cc2n1)c1ccccc1. The average molecular weight is 445 g/mol. The highest BCUT2D eigenvalue weighted by atomic mass is 16.5. The lowest BCUT2D eigenvalue weighted by Gasteiger charge is -2.17. The number of ether oxygens (including phenoxy) is 1. The first-order chi connectivity index (χ1) is 16.0. The van der Waals surface area contributed by atoms with Crippen LogP contribution in [0.15, 0.2) is 76.0 Å². The maximum Gasteiger partial charge on any atom is 0.340 e. The summed E-state index contributed by atoms with van der Waals surface area (Å²) < 4.78 is 11.7. The minimum Gasteiger partial charge on any atom is -0.456 e. The predicted octanol–water partition coefficient (Wildman–Crippen LogP) is 4.09. The summed E-state index contributed by atoms with van der Waals surface area (Å²) in [6.07, 6.45) is 0.611. The second kappa shape index (κ2) is 9.52. The Balaban J connectivity index is 1.49. The molecule has 1 amide bonds. The molecule has 0 fully saturated rings. The molecule has 0 aliphatic rings. The van der Waals surface area contributed by atoms with Crippen LogP contribution < -0.4 is 10.9 Å². The van der Waals surface area contributed by atoms with Gasteiger partial charge in [-0.05, 0) is 31.0 Å². The number of nitrogens with zero attached hydrogens (tertiary/aromatic N) is 2. The number of amides is 1. The Morgan fingerprint density at radius 1 is 1.09 bits per heavy atom. The van der Waals surface area contributed by atoms with Gasteiger partial charge in [0.1, 0.15) is 12.4 Å². The van der Waals surface area contributed by atoms with Crippen molar-refractivity contribution < 1.29 is 18.8 Å². The zero-order valence-corrected chi connectivity index (χ0v) is 18.3. The molecule has 4 rings (SSSR count). The smallest absolute Gasteiger partial charge is 0.340 e. The summed E-state index contributed by atoms with van der Waals surface area (Å²) in [6.45, 7) is 3.45. The fraction of sp³-hybridized carbons (Fsp3) is 0.200. The first-order valence-corrected chi connectivity index (χ1v) is 10.6. The third-order valence-electron chi connectivity index (χ3n) is 5.21. The standard InChI is InChI=1S/C25H23N3O5/c1-3-19(17-9-5-4-6-10-17)24(30)27-21-12-8-7-11-20(21)25(31)32-15-18-14-23(29)28-22(26-18)13-16(2)33-28/h4-14,19H,3,15H2,1-2H3,(H,27,30). The van der Waals surface area contributed by atoms with Gasteiger partial charge in [0.25, 0.3) is 5.56 Å². The number of carbonyl (C=O) groups excluding carboxylic acids is 2. The second-order valence-corrected chi connectivity index (χ2v) is 7.57. The van der Waals surface area contributed by atoms with Crippen molar-refractivity contribution in [2.75, 3.05) is 5.32 Å². The minimum absolute atomic E-state index is 0.196. The molecule has 4 aromatic rings. The minimum atomic E-state index is -0.635. The zero-order chi connectivity index (χ0) is 23.4. The van der Waals surface area contributed by atoms with Crippen molar-refractivity contribution in [3.63, 3.8) is 0 Å². The van der Waals surface area contributed by atoms with Crippen molar-refractivity contribution in [2.45, 2.75) is 32.8 Å². The van der Waals surface area contributed by atoms with Crippen LogP contribution in [-0.4, -0.2) is 21.4 Å². The lowest BCUT2D eigenvalue weighted by Crippen LogP contribution is -2.22. The molecule has 0 saturated heterocycles. The number of rotatable bonds is 7. The van der Waals surface area contributed by atoms with Gasteiger partial charge in [0.2, 0.25) is 5.91 Å². The topological polar surface area (TPSA) is 103 Å². The van der Waals surface area contributed by atoms with Crippen LogP contribution in [0.2, 0.25) is 0 Å². The normalized spacial score (nSPS) is 11.8. The fourth-order valence-electron chi connectivity index (χ4n) is 3.61. The summed E-state index contributed by atoms with van der Waals surface area (Å²) in [4.78, 5) is 42.2. The number of fused-ring (bicyclic) bond motifs is 1. The van der Waals surface area contributed by atoms with E-state index in [9.17, 15) is 14.4 Å². The Labute approximate surface area is 189 Å². The molecular formula is C25H23N3O5. The zero-order valence-electron chi connectivity index (χ0n) is 18.3. The maximum atomic E-state index is 12.9. The van der Waals surface area contributed by atoms with Gasteiger partial charge in [-0.15, -0.1) is 4.57 Å². The Kier molecular flexibility index (Phi) is 6.35. The van der Waals surface area contributed by atoms with Gasteiger partial charge >= 0.3 is 5.97 Å². The highest BCUT2D eigenvalue weighted by Gasteiger charge is 2.21. The molecule has 1 atom stereocenters. The first-order valence-electron chi connectivity index (χ1n) is 10.6. The van der Waals surface area contributed by atoms with Crippen molar-refractivity contribution in [1.82, 2.24) is 9.56 Å². The van der Waals surface area contributed by atoms with Crippen LogP contribution in [0.25, 0.3) is 5.65 Å². The van der Waals surface area contributed by atoms with Crippen molar-refractivity contribution in [2.24, 2.45) is 0 Å². The van der Waals surface area contributed by atoms with Gasteiger partial charge in [-0.3, -0.25) is 9.59 Å². The largest absolute Gasteiger partial charge is 0.456 e. The van der Waals surface area contributed by atoms with E-state index in [1.807, 2.05) is 37.3 Å². The Bertz CT molecular complexity index is 1360. The number of para-hydroxylation sites is 1. The van der Waals surface area contributed by atoms with Gasteiger partial charge in [0.05, 0.1) is 22.9 Å². The Morgan fingerprint density at radius 3 is 2.58 bits per heavy atom. The number of carbonyl (C=O) groups is 2. The number of anilines is 1. The molecule has 2 heterocycles. The second-order valence-electron chi connectivity index (χ2n) is 7.57. The summed E-state index contributed by atoms with van der Waals surface area (Å²) in [6, 6.07) is 19.0. The molecule has 2 aromatic carbocycles. The van der Waals surface area contributed by atoms with Gasteiger partial charge in [0.15, 0.2) is 5.65 Å². The van der Waals surface area contributed by atoms with E-state index < -0.39 is 11.5 Å². The van der Waals surface area contributed by atoms with Gasteiger partial charge in [-0.1, -0.05) is 49.4 Å². The van der Waals surface area contributed by atoms with Gasteiger partial charge < -0.3 is 14.6 Å². The van der Waals surface area contributed by atoms with Crippen molar-refractivity contribution in [3.8, 4) is 0 Å². The molecule has 168 valence electrons. The van der Waals surface area contributed by atoms with Crippen molar-refractivity contribution >= 4 is 23.2 Å². The number of hydrogen-bond donors (Lipinski definition) is 1. The molecule has 0 spiro atoms. The number of hydrogen-bond acceptors (Lipinski definition) is 6. The Hall–Kier alpha value is -4.20. The van der Waals surface area contributed by atoms with E-state index in [2.05, 4.69) is 10.3 Å². The van der Waals surface area contributed by atoms with Crippen molar-refractivity contribution in [3.05, 3.63) is 99.7 Å². The molecule has 2 aromatic heterocycles. The van der Waals surface area contributed by atoms with Crippen LogP contribution in [0.1, 0.15) is 46.6 Å². The summed E-state index contributed by atoms with van der Waals surface area (Å²) in [5.74, 6) is -0.652. The Morgan fingerprint density at radius 2 is 1.82 bits per heavy atom. The van der Waals surface area contributed by atoms with Gasteiger partial charge in [-0.25, -0.2) is 9.78 Å². The van der Waals surface area contributed by atoms with E-state index >= 15 is 0 Å². The molecule has 33 heavy (non-hydrogen) atoms. The molecular weight excluding hydrogens is 422 g/mol. The van der Waals surface area contributed by atoms with Gasteiger partial charge in [-0.2, -0.15) is 0 Å². The molecule has 8 heteroatoms. The fourth-order valence-corrected chi connectivity index (χ4v) is 3.61. The third-order valence-corrected chi connectivity index (χ3v) is 5.21. The van der Waals surface area contributed by atoms with E-state index in [0.29, 0.717) is 29.2 Å². The van der Waals surface area contributed by atoms with Crippen LogP contribution in [0.3, 0.4) is 0 Å². The van der Waals surface area contributed by atoms with E-state index in [1.165, 1.54) is 6.07 Å². The lowest BCUT2D eigenvalue weighted by molar-refractivity contribution is -0.117. The molecule has 0 aliphatic heterocycles. The maximum absolute atomic E-state index is 12.9. The first kappa shape index (κ1) is 22.0. The molecule has 0 bridgehead atoms. The lowest BCUT2D eigenvalue weighted by atomic mass is 9.95. The van der Waals surface area contributed by atoms with Crippen LogP contribution >= 0.6 is 0 Å². The molecule has 1 unspecified atom stereocenters. The predicted molar refractivity (Wildman–Crippen MR) is 122 cm³/mol.